The third-order valence-corrected chi connectivity index (χ3v) is 10.8. The molecule has 4 atom stereocenters. The van der Waals surface area contributed by atoms with Gasteiger partial charge in [-0.05, 0) is 38.0 Å². The predicted molar refractivity (Wildman–Crippen MR) is 231 cm³/mol. The van der Waals surface area contributed by atoms with Gasteiger partial charge < -0.3 is 55.6 Å². The summed E-state index contributed by atoms with van der Waals surface area (Å²) in [5.74, 6) is -8.21. The first kappa shape index (κ1) is 55.2. The molecule has 0 saturated carbocycles. The molecule has 0 spiro atoms. The van der Waals surface area contributed by atoms with E-state index in [1.807, 2.05) is 13.8 Å². The van der Waals surface area contributed by atoms with Crippen LogP contribution < -0.4 is 21.3 Å². The molecule has 0 aromatic heterocycles. The third kappa shape index (κ3) is 15.8. The minimum Gasteiger partial charge on any atom is -0.345 e. The van der Waals surface area contributed by atoms with Crippen molar-refractivity contribution in [2.24, 2.45) is 17.8 Å². The van der Waals surface area contributed by atoms with Crippen molar-refractivity contribution in [3.05, 3.63) is 0 Å². The quantitative estimate of drug-likeness (QED) is 0.220. The van der Waals surface area contributed by atoms with E-state index < -0.39 is 146 Å². The fourth-order valence-electron chi connectivity index (χ4n) is 6.93. The van der Waals surface area contributed by atoms with E-state index in [2.05, 4.69) is 21.3 Å². The first-order chi connectivity index (χ1) is 29.0. The molecule has 0 aromatic rings. The molecule has 356 valence electrons. The zero-order chi connectivity index (χ0) is 48.8. The Hall–Kier alpha value is -5.83. The van der Waals surface area contributed by atoms with Gasteiger partial charge in [-0.1, -0.05) is 41.5 Å². The van der Waals surface area contributed by atoms with E-state index in [1.165, 1.54) is 68.1 Å². The number of carbonyl (C=O) groups excluding carboxylic acids is 11. The Labute approximate surface area is 371 Å². The number of likely N-dealkylation sites (N-methyl/N-ethyl adjacent to an activating group) is 7. The lowest BCUT2D eigenvalue weighted by molar-refractivity contribution is -0.159. The highest BCUT2D eigenvalue weighted by Crippen LogP contribution is 2.33. The summed E-state index contributed by atoms with van der Waals surface area (Å²) < 4.78 is 0. The van der Waals surface area contributed by atoms with E-state index in [4.69, 9.17) is 0 Å². The van der Waals surface area contributed by atoms with Gasteiger partial charge in [-0.25, -0.2) is 0 Å². The number of amides is 11. The Kier molecular flexibility index (Phi) is 21.1. The van der Waals surface area contributed by atoms with Gasteiger partial charge in [0.2, 0.25) is 65.0 Å². The summed E-state index contributed by atoms with van der Waals surface area (Å²) in [6.07, 6.45) is 0.194. The average molecular weight is 894 g/mol. The van der Waals surface area contributed by atoms with Crippen molar-refractivity contribution in [1.82, 2.24) is 55.6 Å². The average Bonchev–Trinajstić information content (AvgIpc) is 3.18. The minimum atomic E-state index is -1.47. The van der Waals surface area contributed by atoms with Crippen LogP contribution in [0.15, 0.2) is 0 Å². The van der Waals surface area contributed by atoms with Crippen molar-refractivity contribution < 1.29 is 52.7 Å². The zero-order valence-corrected chi connectivity index (χ0v) is 39.7. The first-order valence-electron chi connectivity index (χ1n) is 20.9. The normalized spacial score (nSPS) is 24.7. The van der Waals surface area contributed by atoms with Crippen molar-refractivity contribution >= 4 is 65.0 Å². The van der Waals surface area contributed by atoms with Crippen molar-refractivity contribution in [3.63, 3.8) is 0 Å². The van der Waals surface area contributed by atoms with Crippen LogP contribution in [-0.4, -0.2) is 218 Å². The summed E-state index contributed by atoms with van der Waals surface area (Å²) in [5, 5.41) is 10.0. The van der Waals surface area contributed by atoms with Gasteiger partial charge in [0.1, 0.15) is 23.7 Å². The molecule has 22 nitrogen and oxygen atoms in total. The van der Waals surface area contributed by atoms with Crippen LogP contribution in [0.4, 0.5) is 0 Å². The summed E-state index contributed by atoms with van der Waals surface area (Å²) >= 11 is 0. The summed E-state index contributed by atoms with van der Waals surface area (Å²) in [6, 6.07) is -3.40. The molecule has 1 fully saturated rings. The van der Waals surface area contributed by atoms with Crippen LogP contribution >= 0.6 is 0 Å². The molecule has 4 N–H and O–H groups in total. The summed E-state index contributed by atoms with van der Waals surface area (Å²) in [6.45, 7) is 9.99. The van der Waals surface area contributed by atoms with Gasteiger partial charge in [-0.3, -0.25) is 52.7 Å². The molecule has 22 heteroatoms. The molecule has 0 aromatic carbocycles. The highest BCUT2D eigenvalue weighted by molar-refractivity contribution is 5.97. The Balaban J connectivity index is 3.50. The SMILES string of the molecule is CC(C)CC1(C(C)C)C(=O)N(C)CC(=O)NCC(=O)N(C)CC(=O)N(C)CC(=O)NC(C(C)C)C(=O)N(C)CC(=O)NC(C)C(=O)NC(C)C(=O)N(C)CC(=O)N(C)CC(=O)N1C. The molecular formula is C41H71N11O11. The summed E-state index contributed by atoms with van der Waals surface area (Å²) in [5.41, 5.74) is -1.47. The maximum absolute atomic E-state index is 14.4. The Morgan fingerprint density at radius 2 is 0.952 bits per heavy atom. The summed E-state index contributed by atoms with van der Waals surface area (Å²) in [4.78, 5) is 154. The largest absolute Gasteiger partial charge is 0.345 e. The number of nitrogens with one attached hydrogen (secondary N) is 4. The Morgan fingerprint density at radius 3 is 1.48 bits per heavy atom. The van der Waals surface area contributed by atoms with Gasteiger partial charge in [0, 0.05) is 49.3 Å². The Morgan fingerprint density at radius 1 is 0.508 bits per heavy atom. The molecule has 11 amide bonds. The van der Waals surface area contributed by atoms with Crippen LogP contribution in [-0.2, 0) is 52.7 Å². The highest BCUT2D eigenvalue weighted by Gasteiger charge is 2.49. The predicted octanol–water partition coefficient (Wildman–Crippen LogP) is -3.08. The third-order valence-electron chi connectivity index (χ3n) is 10.8. The number of hydrogen-bond acceptors (Lipinski definition) is 11. The van der Waals surface area contributed by atoms with Gasteiger partial charge in [0.05, 0.1) is 45.8 Å². The van der Waals surface area contributed by atoms with Gasteiger partial charge in [0.15, 0.2) is 0 Å². The van der Waals surface area contributed by atoms with Crippen molar-refractivity contribution in [2.45, 2.75) is 85.5 Å². The number of hydrogen-bond donors (Lipinski definition) is 4. The van der Waals surface area contributed by atoms with E-state index in [-0.39, 0.29) is 12.3 Å². The number of carbonyl (C=O) groups is 11. The van der Waals surface area contributed by atoms with Crippen LogP contribution in [0.3, 0.4) is 0 Å². The van der Waals surface area contributed by atoms with Gasteiger partial charge >= 0.3 is 0 Å². The smallest absolute Gasteiger partial charge is 0.249 e. The first-order valence-corrected chi connectivity index (χ1v) is 20.9. The fourth-order valence-corrected chi connectivity index (χ4v) is 6.93. The second-order valence-corrected chi connectivity index (χ2v) is 17.5. The molecule has 63 heavy (non-hydrogen) atoms. The van der Waals surface area contributed by atoms with E-state index in [1.54, 1.807) is 27.7 Å². The van der Waals surface area contributed by atoms with E-state index in [9.17, 15) is 52.7 Å². The lowest BCUT2D eigenvalue weighted by Gasteiger charge is -2.46. The van der Waals surface area contributed by atoms with Crippen LogP contribution in [0.5, 0.6) is 0 Å². The second kappa shape index (κ2) is 24.1. The van der Waals surface area contributed by atoms with E-state index >= 15 is 0 Å². The lowest BCUT2D eigenvalue weighted by Crippen LogP contribution is -2.65. The molecule has 1 rings (SSSR count). The molecular weight excluding hydrogens is 823 g/mol. The molecule has 1 aliphatic rings. The fraction of sp³-hybridized carbons (Fsp3) is 0.732. The molecule has 1 saturated heterocycles. The van der Waals surface area contributed by atoms with Crippen molar-refractivity contribution in [3.8, 4) is 0 Å². The van der Waals surface area contributed by atoms with Crippen LogP contribution in [0.1, 0.15) is 61.8 Å². The van der Waals surface area contributed by atoms with Crippen molar-refractivity contribution in [2.75, 3.05) is 95.1 Å². The number of nitrogens with zero attached hydrogens (tertiary/aromatic N) is 7. The monoisotopic (exact) mass is 894 g/mol. The lowest BCUT2D eigenvalue weighted by atomic mass is 9.76. The number of rotatable bonds is 4. The van der Waals surface area contributed by atoms with Crippen LogP contribution in [0.25, 0.3) is 0 Å². The van der Waals surface area contributed by atoms with E-state index in [0.29, 0.717) is 0 Å². The maximum atomic E-state index is 14.4. The van der Waals surface area contributed by atoms with Crippen LogP contribution in [0.2, 0.25) is 0 Å². The van der Waals surface area contributed by atoms with Gasteiger partial charge in [-0.15, -0.1) is 0 Å². The topological polar surface area (TPSA) is 259 Å². The molecule has 4 unspecified atom stereocenters. The summed E-state index contributed by atoms with van der Waals surface area (Å²) in [7, 11) is 9.54. The highest BCUT2D eigenvalue weighted by atomic mass is 16.2. The van der Waals surface area contributed by atoms with Gasteiger partial charge in [0.25, 0.3) is 0 Å². The Bertz CT molecular complexity index is 1740. The maximum Gasteiger partial charge on any atom is 0.249 e. The molecule has 1 aliphatic heterocycles. The molecule has 0 radical (unpaired) electrons. The van der Waals surface area contributed by atoms with Crippen molar-refractivity contribution in [1.29, 1.82) is 0 Å². The molecule has 0 aliphatic carbocycles. The minimum absolute atomic E-state index is 0.108. The molecule has 0 bridgehead atoms. The van der Waals surface area contributed by atoms with Gasteiger partial charge in [-0.2, -0.15) is 0 Å². The van der Waals surface area contributed by atoms with Crippen LogP contribution in [0, 0.1) is 17.8 Å². The molecule has 1 heterocycles. The van der Waals surface area contributed by atoms with E-state index in [0.717, 1.165) is 29.4 Å². The second-order valence-electron chi connectivity index (χ2n) is 17.5. The zero-order valence-electron chi connectivity index (χ0n) is 39.7. The standard InChI is InChI=1S/C41H71N11O11/c1-24(2)16-41(26(5)6)40(63)51(14)18-29(53)42-17-32(56)47(10)21-33(57)46(9)19-31(55)45-36(25(3)4)39(62)49(12)20-30(54)43-27(7)37(60)44-28(8)38(61)50(13)22-34(58)48(11)23-35(59)52(41)15/h24-28,36H,16-23H2,1-15H3,(H,42,53)(H,43,54)(H,44,60)(H,45,55).